The van der Waals surface area contributed by atoms with Gasteiger partial charge in [0.1, 0.15) is 5.82 Å². The monoisotopic (exact) mass is 326 g/mol. The van der Waals surface area contributed by atoms with E-state index in [4.69, 9.17) is 0 Å². The van der Waals surface area contributed by atoms with Crippen LogP contribution in [-0.4, -0.2) is 36.0 Å². The summed E-state index contributed by atoms with van der Waals surface area (Å²) >= 11 is 3.11. The van der Waals surface area contributed by atoms with Gasteiger partial charge in [-0.2, -0.15) is 0 Å². The molecule has 1 amide bonds. The lowest BCUT2D eigenvalue weighted by Gasteiger charge is -2.21. The van der Waals surface area contributed by atoms with Crippen LogP contribution in [0.25, 0.3) is 0 Å². The fourth-order valence-corrected chi connectivity index (χ4v) is 3.54. The summed E-state index contributed by atoms with van der Waals surface area (Å²) in [6, 6.07) is 5.41. The topological polar surface area (TPSA) is 32.3 Å². The van der Waals surface area contributed by atoms with Gasteiger partial charge in [-0.05, 0) is 53.9 Å². The number of halogens is 2. The normalized spacial score (nSPS) is 26.4. The van der Waals surface area contributed by atoms with Crippen molar-refractivity contribution in [1.29, 1.82) is 0 Å². The second-order valence-corrected chi connectivity index (χ2v) is 6.07. The maximum absolute atomic E-state index is 13.9. The van der Waals surface area contributed by atoms with Crippen LogP contribution >= 0.6 is 15.9 Å². The number of hydrogen-bond donors (Lipinski definition) is 1. The lowest BCUT2D eigenvalue weighted by atomic mass is 10.1. The Hall–Kier alpha value is -0.940. The van der Waals surface area contributed by atoms with Crippen molar-refractivity contribution in [1.82, 2.24) is 10.2 Å². The van der Waals surface area contributed by atoms with Crippen molar-refractivity contribution >= 4 is 21.8 Å². The molecule has 0 spiro atoms. The van der Waals surface area contributed by atoms with Gasteiger partial charge in [0.2, 0.25) is 0 Å². The van der Waals surface area contributed by atoms with Gasteiger partial charge in [0, 0.05) is 18.6 Å². The molecule has 19 heavy (non-hydrogen) atoms. The summed E-state index contributed by atoms with van der Waals surface area (Å²) in [5, 5.41) is 2.99. The van der Waals surface area contributed by atoms with Crippen molar-refractivity contribution in [2.75, 3.05) is 13.1 Å². The second kappa shape index (κ2) is 5.21. The van der Waals surface area contributed by atoms with E-state index in [1.165, 1.54) is 12.5 Å². The fraction of sp³-hybridized carbons (Fsp3) is 0.500. The molecular weight excluding hydrogens is 311 g/mol. The minimum Gasteiger partial charge on any atom is -0.348 e. The van der Waals surface area contributed by atoms with E-state index in [1.807, 2.05) is 0 Å². The molecule has 3 nitrogen and oxygen atoms in total. The summed E-state index contributed by atoms with van der Waals surface area (Å²) < 4.78 is 14.2. The summed E-state index contributed by atoms with van der Waals surface area (Å²) in [4.78, 5) is 14.6. The molecule has 3 rings (SSSR count). The highest BCUT2D eigenvalue weighted by molar-refractivity contribution is 9.10. The molecular formula is C14H16BrFN2O. The molecule has 0 bridgehead atoms. The highest BCUT2D eigenvalue weighted by atomic mass is 79.9. The molecule has 5 heteroatoms. The van der Waals surface area contributed by atoms with Crippen molar-refractivity contribution < 1.29 is 9.18 Å². The smallest absolute Gasteiger partial charge is 0.254 e. The summed E-state index contributed by atoms with van der Waals surface area (Å²) in [5.74, 6) is -0.793. The lowest BCUT2D eigenvalue weighted by Crippen LogP contribution is -2.42. The number of nitrogens with one attached hydrogen (secondary N) is 1. The van der Waals surface area contributed by atoms with Crippen LogP contribution in [0, 0.1) is 5.82 Å². The van der Waals surface area contributed by atoms with Crippen LogP contribution in [-0.2, 0) is 0 Å². The standard InChI is InChI=1S/C14H16BrFN2O/c15-10-4-1-3-9(13(10)16)14(19)17-11-6-8-18-7-2-5-12(11)18/h1,3-4,11-12H,2,5-8H2,(H,17,19). The van der Waals surface area contributed by atoms with Gasteiger partial charge in [0.15, 0.2) is 0 Å². The Labute approximate surface area is 120 Å². The number of nitrogens with zero attached hydrogens (tertiary/aromatic N) is 1. The summed E-state index contributed by atoms with van der Waals surface area (Å²) in [6.07, 6.45) is 3.29. The minimum absolute atomic E-state index is 0.117. The molecule has 1 aromatic carbocycles. The molecule has 2 aliphatic rings. The second-order valence-electron chi connectivity index (χ2n) is 5.22. The first-order chi connectivity index (χ1) is 9.16. The van der Waals surface area contributed by atoms with Gasteiger partial charge in [-0.15, -0.1) is 0 Å². The minimum atomic E-state index is -0.485. The van der Waals surface area contributed by atoms with Crippen molar-refractivity contribution in [3.63, 3.8) is 0 Å². The number of carbonyl (C=O) groups excluding carboxylic acids is 1. The third kappa shape index (κ3) is 2.41. The fourth-order valence-electron chi connectivity index (χ4n) is 3.18. The van der Waals surface area contributed by atoms with Crippen LogP contribution in [0.2, 0.25) is 0 Å². The predicted octanol–water partition coefficient (Wildman–Crippen LogP) is 2.55. The van der Waals surface area contributed by atoms with E-state index in [9.17, 15) is 9.18 Å². The molecule has 2 saturated heterocycles. The first-order valence-corrected chi connectivity index (χ1v) is 7.45. The SMILES string of the molecule is O=C(NC1CCN2CCCC12)c1cccc(Br)c1F. The van der Waals surface area contributed by atoms with E-state index in [2.05, 4.69) is 26.1 Å². The molecule has 0 aliphatic carbocycles. The van der Waals surface area contributed by atoms with Gasteiger partial charge in [0.05, 0.1) is 10.0 Å². The van der Waals surface area contributed by atoms with Crippen LogP contribution in [0.1, 0.15) is 29.6 Å². The van der Waals surface area contributed by atoms with Gasteiger partial charge in [-0.25, -0.2) is 4.39 Å². The molecule has 2 heterocycles. The van der Waals surface area contributed by atoms with E-state index in [1.54, 1.807) is 12.1 Å². The molecule has 1 aromatic rings. The molecule has 0 saturated carbocycles. The molecule has 0 aromatic heterocycles. The zero-order valence-electron chi connectivity index (χ0n) is 10.5. The highest BCUT2D eigenvalue weighted by Crippen LogP contribution is 2.28. The van der Waals surface area contributed by atoms with Crippen molar-refractivity contribution in [2.45, 2.75) is 31.3 Å². The molecule has 2 unspecified atom stereocenters. The van der Waals surface area contributed by atoms with Gasteiger partial charge in [-0.1, -0.05) is 6.07 Å². The molecule has 2 atom stereocenters. The number of amides is 1. The van der Waals surface area contributed by atoms with E-state index in [0.717, 1.165) is 25.9 Å². The number of fused-ring (bicyclic) bond motifs is 1. The maximum atomic E-state index is 13.9. The number of carbonyl (C=O) groups is 1. The van der Waals surface area contributed by atoms with Crippen LogP contribution in [0.15, 0.2) is 22.7 Å². The van der Waals surface area contributed by atoms with Crippen molar-refractivity contribution in [3.8, 4) is 0 Å². The number of benzene rings is 1. The lowest BCUT2D eigenvalue weighted by molar-refractivity contribution is 0.0925. The number of hydrogen-bond acceptors (Lipinski definition) is 2. The molecule has 2 aliphatic heterocycles. The van der Waals surface area contributed by atoms with Crippen LogP contribution in [0.4, 0.5) is 4.39 Å². The first-order valence-electron chi connectivity index (χ1n) is 6.66. The number of rotatable bonds is 2. The Morgan fingerprint density at radius 2 is 2.21 bits per heavy atom. The van der Waals surface area contributed by atoms with Gasteiger partial charge in [0.25, 0.3) is 5.91 Å². The molecule has 1 N–H and O–H groups in total. The van der Waals surface area contributed by atoms with Crippen molar-refractivity contribution in [3.05, 3.63) is 34.1 Å². The Kier molecular flexibility index (Phi) is 3.58. The maximum Gasteiger partial charge on any atom is 0.254 e. The van der Waals surface area contributed by atoms with Gasteiger partial charge in [-0.3, -0.25) is 9.69 Å². The van der Waals surface area contributed by atoms with Crippen LogP contribution in [0.3, 0.4) is 0 Å². The predicted molar refractivity (Wildman–Crippen MR) is 74.6 cm³/mol. The Morgan fingerprint density at radius 1 is 1.37 bits per heavy atom. The Morgan fingerprint density at radius 3 is 3.05 bits per heavy atom. The Bertz CT molecular complexity index is 508. The largest absolute Gasteiger partial charge is 0.348 e. The third-order valence-corrected chi connectivity index (χ3v) is 4.73. The summed E-state index contributed by atoms with van der Waals surface area (Å²) in [6.45, 7) is 2.17. The summed E-state index contributed by atoms with van der Waals surface area (Å²) in [7, 11) is 0. The average molecular weight is 327 g/mol. The zero-order chi connectivity index (χ0) is 13.4. The zero-order valence-corrected chi connectivity index (χ0v) is 12.1. The van der Waals surface area contributed by atoms with E-state index < -0.39 is 5.82 Å². The van der Waals surface area contributed by atoms with Crippen LogP contribution in [0.5, 0.6) is 0 Å². The molecule has 2 fully saturated rings. The Balaban J connectivity index is 1.73. The van der Waals surface area contributed by atoms with E-state index in [-0.39, 0.29) is 17.5 Å². The average Bonchev–Trinajstić information content (AvgIpc) is 2.97. The molecule has 102 valence electrons. The van der Waals surface area contributed by atoms with E-state index in [0.29, 0.717) is 10.5 Å². The quantitative estimate of drug-likeness (QED) is 0.905. The van der Waals surface area contributed by atoms with Gasteiger partial charge >= 0.3 is 0 Å². The summed E-state index contributed by atoms with van der Waals surface area (Å²) in [5.41, 5.74) is 0.117. The highest BCUT2D eigenvalue weighted by Gasteiger charge is 2.38. The van der Waals surface area contributed by atoms with Crippen LogP contribution < -0.4 is 5.32 Å². The first kappa shape index (κ1) is 13.1. The van der Waals surface area contributed by atoms with Crippen molar-refractivity contribution in [2.24, 2.45) is 0 Å². The van der Waals surface area contributed by atoms with Gasteiger partial charge < -0.3 is 5.32 Å². The van der Waals surface area contributed by atoms with E-state index >= 15 is 0 Å². The third-order valence-electron chi connectivity index (χ3n) is 4.12. The molecule has 0 radical (unpaired) electrons.